The molecule has 28 heavy (non-hydrogen) atoms. The molecule has 0 fully saturated rings. The molecule has 2 heterocycles. The lowest BCUT2D eigenvalue weighted by atomic mass is 10.0. The Labute approximate surface area is 183 Å². The third kappa shape index (κ3) is 4.80. The summed E-state index contributed by atoms with van der Waals surface area (Å²) in [6.45, 7) is 7.42. The second-order valence-electron chi connectivity index (χ2n) is 7.85. The summed E-state index contributed by atoms with van der Waals surface area (Å²) < 4.78 is 8.47. The Balaban J connectivity index is 1.97. The molecule has 1 aromatic heterocycles. The van der Waals surface area contributed by atoms with Gasteiger partial charge in [0.15, 0.2) is 0 Å². The van der Waals surface area contributed by atoms with E-state index in [0.717, 1.165) is 26.1 Å². The molecule has 0 atom stereocenters. The zero-order chi connectivity index (χ0) is 20.5. The van der Waals surface area contributed by atoms with Crippen molar-refractivity contribution in [3.05, 3.63) is 38.0 Å². The summed E-state index contributed by atoms with van der Waals surface area (Å²) in [6, 6.07) is 5.83. The van der Waals surface area contributed by atoms with Crippen molar-refractivity contribution in [1.82, 2.24) is 14.7 Å². The Morgan fingerprint density at radius 3 is 2.79 bits per heavy atom. The van der Waals surface area contributed by atoms with Crippen molar-refractivity contribution < 1.29 is 14.6 Å². The van der Waals surface area contributed by atoms with Crippen LogP contribution in [0.25, 0.3) is 11.3 Å². The van der Waals surface area contributed by atoms with Crippen molar-refractivity contribution in [2.45, 2.75) is 52.3 Å². The molecule has 1 amide bonds. The predicted octanol–water partition coefficient (Wildman–Crippen LogP) is 4.48. The first-order valence-electron chi connectivity index (χ1n) is 9.32. The fraction of sp³-hybridized carbons (Fsp3) is 0.500. The second kappa shape index (κ2) is 8.59. The van der Waals surface area contributed by atoms with Crippen LogP contribution in [0, 0.1) is 3.57 Å². The van der Waals surface area contributed by atoms with Gasteiger partial charge in [-0.1, -0.05) is 17.7 Å². The highest BCUT2D eigenvalue weighted by atomic mass is 127. The number of halogens is 2. The molecule has 1 aliphatic rings. The van der Waals surface area contributed by atoms with E-state index in [1.807, 2.05) is 43.7 Å². The maximum Gasteiger partial charge on any atom is 0.410 e. The molecule has 1 aromatic carbocycles. The zero-order valence-electron chi connectivity index (χ0n) is 16.3. The van der Waals surface area contributed by atoms with E-state index in [1.165, 1.54) is 0 Å². The van der Waals surface area contributed by atoms with Crippen LogP contribution in [-0.4, -0.2) is 44.6 Å². The van der Waals surface area contributed by atoms with Gasteiger partial charge >= 0.3 is 6.09 Å². The van der Waals surface area contributed by atoms with Gasteiger partial charge in [-0.25, -0.2) is 4.79 Å². The minimum absolute atomic E-state index is 0.118. The predicted molar refractivity (Wildman–Crippen MR) is 117 cm³/mol. The topological polar surface area (TPSA) is 67.6 Å². The lowest BCUT2D eigenvalue weighted by Crippen LogP contribution is -2.40. The normalized spacial score (nSPS) is 14.1. The first-order valence-corrected chi connectivity index (χ1v) is 10.8. The van der Waals surface area contributed by atoms with Gasteiger partial charge < -0.3 is 14.7 Å². The first kappa shape index (κ1) is 21.4. The summed E-state index contributed by atoms with van der Waals surface area (Å²) >= 11 is 8.39. The number of aryl methyl sites for hydroxylation is 1. The number of fused-ring (bicyclic) bond motifs is 1. The molecular formula is C20H25ClIN3O3. The van der Waals surface area contributed by atoms with E-state index in [2.05, 4.69) is 22.6 Å². The van der Waals surface area contributed by atoms with Gasteiger partial charge in [0.05, 0.1) is 17.3 Å². The lowest BCUT2D eigenvalue weighted by molar-refractivity contribution is 0.0223. The van der Waals surface area contributed by atoms with Gasteiger partial charge in [0.25, 0.3) is 0 Å². The molecule has 1 N–H and O–H groups in total. The SMILES string of the molecule is CC(C)(C)OC(=O)N1CCc2c(c(-c3ccc(Cl)c(I)c3)nn2CCCO)C1. The van der Waals surface area contributed by atoms with E-state index in [9.17, 15) is 9.90 Å². The van der Waals surface area contributed by atoms with Crippen LogP contribution in [0.1, 0.15) is 38.4 Å². The largest absolute Gasteiger partial charge is 0.444 e. The first-order chi connectivity index (χ1) is 13.2. The van der Waals surface area contributed by atoms with Crippen LogP contribution < -0.4 is 0 Å². The van der Waals surface area contributed by atoms with Crippen LogP contribution in [-0.2, 0) is 24.2 Å². The van der Waals surface area contributed by atoms with Gasteiger partial charge in [-0.2, -0.15) is 5.10 Å². The van der Waals surface area contributed by atoms with Crippen LogP contribution in [0.5, 0.6) is 0 Å². The Morgan fingerprint density at radius 2 is 2.14 bits per heavy atom. The molecule has 0 unspecified atom stereocenters. The smallest absolute Gasteiger partial charge is 0.410 e. The highest BCUT2D eigenvalue weighted by molar-refractivity contribution is 14.1. The van der Waals surface area contributed by atoms with Gasteiger partial charge in [0.2, 0.25) is 0 Å². The van der Waals surface area contributed by atoms with Crippen molar-refractivity contribution in [1.29, 1.82) is 0 Å². The van der Waals surface area contributed by atoms with Crippen LogP contribution >= 0.6 is 34.2 Å². The summed E-state index contributed by atoms with van der Waals surface area (Å²) in [5, 5.41) is 14.7. The van der Waals surface area contributed by atoms with Gasteiger partial charge in [-0.05, 0) is 61.9 Å². The molecule has 0 radical (unpaired) electrons. The maximum absolute atomic E-state index is 12.6. The molecule has 1 aliphatic heterocycles. The van der Waals surface area contributed by atoms with Crippen molar-refractivity contribution in [3.63, 3.8) is 0 Å². The summed E-state index contributed by atoms with van der Waals surface area (Å²) in [6.07, 6.45) is 1.04. The molecule has 8 heteroatoms. The molecule has 0 bridgehead atoms. The number of nitrogens with zero attached hydrogens (tertiary/aromatic N) is 3. The molecule has 3 rings (SSSR count). The second-order valence-corrected chi connectivity index (χ2v) is 9.42. The van der Waals surface area contributed by atoms with E-state index >= 15 is 0 Å². The van der Waals surface area contributed by atoms with Crippen LogP contribution in [0.2, 0.25) is 5.02 Å². The highest BCUT2D eigenvalue weighted by Gasteiger charge is 2.30. The summed E-state index contributed by atoms with van der Waals surface area (Å²) in [5.74, 6) is 0. The summed E-state index contributed by atoms with van der Waals surface area (Å²) in [7, 11) is 0. The third-order valence-electron chi connectivity index (χ3n) is 4.51. The molecule has 0 saturated carbocycles. The number of ether oxygens (including phenoxy) is 1. The van der Waals surface area contributed by atoms with Crippen molar-refractivity contribution in [3.8, 4) is 11.3 Å². The van der Waals surface area contributed by atoms with E-state index < -0.39 is 5.60 Å². The third-order valence-corrected chi connectivity index (χ3v) is 6.05. The van der Waals surface area contributed by atoms with Gasteiger partial charge in [0, 0.05) is 46.5 Å². The van der Waals surface area contributed by atoms with Crippen LogP contribution in [0.4, 0.5) is 4.79 Å². The number of aromatic nitrogens is 2. The average Bonchev–Trinajstić information content (AvgIpc) is 2.99. The number of aliphatic hydroxyl groups is 1. The van der Waals surface area contributed by atoms with E-state index in [1.54, 1.807) is 4.90 Å². The summed E-state index contributed by atoms with van der Waals surface area (Å²) in [5.41, 5.74) is 3.45. The highest BCUT2D eigenvalue weighted by Crippen LogP contribution is 2.33. The van der Waals surface area contributed by atoms with Crippen molar-refractivity contribution in [2.24, 2.45) is 0 Å². The monoisotopic (exact) mass is 517 g/mol. The minimum Gasteiger partial charge on any atom is -0.444 e. The molecule has 0 aliphatic carbocycles. The molecule has 152 valence electrons. The van der Waals surface area contributed by atoms with Gasteiger partial charge in [-0.15, -0.1) is 0 Å². The number of aliphatic hydroxyl groups excluding tert-OH is 1. The molecule has 6 nitrogen and oxygen atoms in total. The average molecular weight is 518 g/mol. The molecule has 0 spiro atoms. The number of carbonyl (C=O) groups is 1. The molecular weight excluding hydrogens is 493 g/mol. The summed E-state index contributed by atoms with van der Waals surface area (Å²) in [4.78, 5) is 14.3. The lowest BCUT2D eigenvalue weighted by Gasteiger charge is -2.30. The Bertz CT molecular complexity index is 876. The van der Waals surface area contributed by atoms with Crippen LogP contribution in [0.15, 0.2) is 18.2 Å². The van der Waals surface area contributed by atoms with Crippen molar-refractivity contribution >= 4 is 40.3 Å². The van der Waals surface area contributed by atoms with Crippen molar-refractivity contribution in [2.75, 3.05) is 13.2 Å². The van der Waals surface area contributed by atoms with Crippen LogP contribution in [0.3, 0.4) is 0 Å². The maximum atomic E-state index is 12.6. The number of benzene rings is 1. The standard InChI is InChI=1S/C20H25ClIN3O3/c1-20(2,3)28-19(27)24-9-7-17-14(12-24)18(23-25(17)8-4-10-26)13-5-6-15(21)16(22)11-13/h5-6,11,26H,4,7-10,12H2,1-3H3. The zero-order valence-corrected chi connectivity index (χ0v) is 19.2. The van der Waals surface area contributed by atoms with E-state index in [0.29, 0.717) is 37.5 Å². The fourth-order valence-electron chi connectivity index (χ4n) is 3.25. The molecule has 2 aromatic rings. The van der Waals surface area contributed by atoms with E-state index in [4.69, 9.17) is 21.4 Å². The fourth-order valence-corrected chi connectivity index (χ4v) is 3.89. The number of amides is 1. The Hall–Kier alpha value is -1.32. The quantitative estimate of drug-likeness (QED) is 0.607. The Morgan fingerprint density at radius 1 is 1.39 bits per heavy atom. The molecule has 0 saturated heterocycles. The van der Waals surface area contributed by atoms with E-state index in [-0.39, 0.29) is 12.7 Å². The number of hydrogen-bond acceptors (Lipinski definition) is 4. The van der Waals surface area contributed by atoms with Gasteiger partial charge in [0.1, 0.15) is 5.60 Å². The minimum atomic E-state index is -0.530. The number of carbonyl (C=O) groups excluding carboxylic acids is 1. The number of rotatable bonds is 4. The van der Waals surface area contributed by atoms with Gasteiger partial charge in [-0.3, -0.25) is 4.68 Å². The number of hydrogen-bond donors (Lipinski definition) is 1. The Kier molecular flexibility index (Phi) is 6.56.